The van der Waals surface area contributed by atoms with Gasteiger partial charge in [0.15, 0.2) is 8.32 Å². The summed E-state index contributed by atoms with van der Waals surface area (Å²) < 4.78 is 12.3. The Hall–Kier alpha value is 0.531. The van der Waals surface area contributed by atoms with Crippen molar-refractivity contribution < 1.29 is 13.3 Å². The Morgan fingerprint density at radius 2 is 1.38 bits per heavy atom. The molecule has 6 heteroatoms. The molecule has 98 valence electrons. The lowest BCUT2D eigenvalue weighted by molar-refractivity contribution is 0.214. The summed E-state index contributed by atoms with van der Waals surface area (Å²) in [6.45, 7) is 16.8. The minimum Gasteiger partial charge on any atom is -0.437 e. The van der Waals surface area contributed by atoms with Gasteiger partial charge in [-0.25, -0.2) is 0 Å². The van der Waals surface area contributed by atoms with E-state index in [0.29, 0.717) is 0 Å². The maximum absolute atomic E-state index is 9.96. The van der Waals surface area contributed by atoms with Crippen molar-refractivity contribution in [2.45, 2.75) is 64.9 Å². The lowest BCUT2D eigenvalue weighted by Crippen LogP contribution is -2.56. The third-order valence-electron chi connectivity index (χ3n) is 2.25. The van der Waals surface area contributed by atoms with Gasteiger partial charge in [-0.1, -0.05) is 6.92 Å². The molecule has 0 aromatic heterocycles. The van der Waals surface area contributed by atoms with Crippen LogP contribution < -0.4 is 0 Å². The van der Waals surface area contributed by atoms with E-state index < -0.39 is 25.2 Å². The van der Waals surface area contributed by atoms with Crippen LogP contribution in [0.3, 0.4) is 0 Å². The maximum Gasteiger partial charge on any atom is 0.311 e. The van der Waals surface area contributed by atoms with Crippen LogP contribution in [0.2, 0.25) is 45.8 Å². The van der Waals surface area contributed by atoms with E-state index in [2.05, 4.69) is 45.8 Å². The minimum absolute atomic E-state index is 0.301. The van der Waals surface area contributed by atoms with E-state index in [4.69, 9.17) is 8.23 Å². The Bertz CT molecular complexity index is 224. The fraction of sp³-hybridized carbons (Fsp3) is 1.00. The van der Waals surface area contributed by atoms with Crippen LogP contribution in [0.1, 0.15) is 13.3 Å². The highest BCUT2D eigenvalue weighted by atomic mass is 28.5. The van der Waals surface area contributed by atoms with Gasteiger partial charge < -0.3 is 13.3 Å². The van der Waals surface area contributed by atoms with Crippen LogP contribution in [0.4, 0.5) is 0 Å². The van der Waals surface area contributed by atoms with Gasteiger partial charge in [0.1, 0.15) is 0 Å². The normalized spacial score (nSPS) is 16.3. The minimum atomic E-state index is -2.09. The van der Waals surface area contributed by atoms with E-state index >= 15 is 0 Å². The van der Waals surface area contributed by atoms with Crippen molar-refractivity contribution in [1.29, 1.82) is 0 Å². The zero-order valence-electron chi connectivity index (χ0n) is 12.0. The molecule has 0 rings (SSSR count). The lowest BCUT2D eigenvalue weighted by atomic mass is 10.5. The fourth-order valence-corrected chi connectivity index (χ4v) is 15.0. The third-order valence-corrected chi connectivity index (χ3v) is 12.7. The largest absolute Gasteiger partial charge is 0.437 e. The number of aliphatic hydroxyl groups excluding tert-OH is 1. The molecule has 1 N–H and O–H groups in total. The quantitative estimate of drug-likeness (QED) is 0.760. The summed E-state index contributed by atoms with van der Waals surface area (Å²) in [5, 5.41) is 9.96. The molecule has 0 amide bonds. The predicted molar refractivity (Wildman–Crippen MR) is 76.8 cm³/mol. The molecule has 0 radical (unpaired) electrons. The molecule has 1 atom stereocenters. The Morgan fingerprint density at radius 1 is 0.938 bits per heavy atom. The average Bonchev–Trinajstić information content (AvgIpc) is 1.95. The van der Waals surface area contributed by atoms with Crippen molar-refractivity contribution in [3.05, 3.63) is 0 Å². The number of rotatable bonds is 6. The van der Waals surface area contributed by atoms with Crippen LogP contribution in [0, 0.1) is 0 Å². The Kier molecular flexibility index (Phi) is 5.63. The summed E-state index contributed by atoms with van der Waals surface area (Å²) in [5.41, 5.74) is -0.301. The monoisotopic (exact) mass is 280 g/mol. The van der Waals surface area contributed by atoms with Crippen molar-refractivity contribution >= 4 is 25.2 Å². The van der Waals surface area contributed by atoms with Gasteiger partial charge in [0.05, 0.1) is 5.73 Å². The molecule has 0 saturated heterocycles. The van der Waals surface area contributed by atoms with Crippen LogP contribution in [0.5, 0.6) is 0 Å². The summed E-state index contributed by atoms with van der Waals surface area (Å²) in [7, 11) is -5.68. The second-order valence-electron chi connectivity index (χ2n) is 6.24. The molecule has 0 fully saturated rings. The van der Waals surface area contributed by atoms with E-state index in [1.54, 1.807) is 0 Å². The second-order valence-corrected chi connectivity index (χ2v) is 18.8. The topological polar surface area (TPSA) is 38.7 Å². The summed E-state index contributed by atoms with van der Waals surface area (Å²) in [6, 6.07) is 0. The molecule has 0 aliphatic heterocycles. The molecule has 0 aliphatic carbocycles. The first kappa shape index (κ1) is 16.5. The fourth-order valence-electron chi connectivity index (χ4n) is 1.95. The van der Waals surface area contributed by atoms with Crippen LogP contribution >= 0.6 is 0 Å². The first-order valence-electron chi connectivity index (χ1n) is 5.98. The van der Waals surface area contributed by atoms with Crippen molar-refractivity contribution in [3.8, 4) is 0 Å². The summed E-state index contributed by atoms with van der Waals surface area (Å²) in [6.07, 6.45) is 0.761. The van der Waals surface area contributed by atoms with Gasteiger partial charge in [0.2, 0.25) is 8.32 Å². The summed E-state index contributed by atoms with van der Waals surface area (Å²) >= 11 is 0. The Labute approximate surface area is 104 Å². The van der Waals surface area contributed by atoms with Gasteiger partial charge in [-0.05, 0) is 52.2 Å². The van der Waals surface area contributed by atoms with E-state index in [-0.39, 0.29) is 5.73 Å². The number of hydrogen-bond donors (Lipinski definition) is 1. The standard InChI is InChI=1S/C10H28O3Si3/c1-9-10(11)15(5,6)13-16(7,8)12-14(2,3)4/h10-11H,9H2,1-8H3. The molecule has 3 nitrogen and oxygen atoms in total. The van der Waals surface area contributed by atoms with Gasteiger partial charge in [-0.15, -0.1) is 0 Å². The van der Waals surface area contributed by atoms with E-state index in [1.165, 1.54) is 0 Å². The molecule has 0 heterocycles. The molecular weight excluding hydrogens is 252 g/mol. The van der Waals surface area contributed by atoms with Crippen LogP contribution in [-0.2, 0) is 8.23 Å². The highest BCUT2D eigenvalue weighted by molar-refractivity contribution is 6.87. The average molecular weight is 281 g/mol. The number of aliphatic hydroxyl groups is 1. The van der Waals surface area contributed by atoms with Gasteiger partial charge in [0.25, 0.3) is 0 Å². The zero-order chi connectivity index (χ0) is 13.2. The molecule has 0 aliphatic rings. The maximum atomic E-state index is 9.96. The molecule has 0 spiro atoms. The molecule has 0 saturated carbocycles. The molecule has 1 unspecified atom stereocenters. The van der Waals surface area contributed by atoms with Crippen molar-refractivity contribution in [2.24, 2.45) is 0 Å². The summed E-state index contributed by atoms with van der Waals surface area (Å²) in [4.78, 5) is 0. The summed E-state index contributed by atoms with van der Waals surface area (Å²) in [5.74, 6) is 0. The van der Waals surface area contributed by atoms with E-state index in [9.17, 15) is 5.11 Å². The second kappa shape index (κ2) is 5.45. The van der Waals surface area contributed by atoms with Crippen molar-refractivity contribution in [1.82, 2.24) is 0 Å². The SMILES string of the molecule is CCC(O)[Si](C)(C)O[Si](C)(C)O[Si](C)(C)C. The van der Waals surface area contributed by atoms with E-state index in [1.807, 2.05) is 6.92 Å². The van der Waals surface area contributed by atoms with Crippen LogP contribution in [-0.4, -0.2) is 36.0 Å². The number of hydrogen-bond acceptors (Lipinski definition) is 3. The zero-order valence-corrected chi connectivity index (χ0v) is 15.0. The Morgan fingerprint density at radius 3 is 1.69 bits per heavy atom. The first-order chi connectivity index (χ1) is 6.90. The van der Waals surface area contributed by atoms with Gasteiger partial charge in [-0.3, -0.25) is 0 Å². The molecule has 16 heavy (non-hydrogen) atoms. The molecular formula is C10H28O3Si3. The smallest absolute Gasteiger partial charge is 0.311 e. The Balaban J connectivity index is 4.57. The van der Waals surface area contributed by atoms with Crippen molar-refractivity contribution in [3.63, 3.8) is 0 Å². The highest BCUT2D eigenvalue weighted by Crippen LogP contribution is 2.23. The molecule has 0 bridgehead atoms. The van der Waals surface area contributed by atoms with Gasteiger partial charge in [0, 0.05) is 0 Å². The molecule has 0 aromatic carbocycles. The third kappa shape index (κ3) is 6.31. The van der Waals surface area contributed by atoms with E-state index in [0.717, 1.165) is 6.42 Å². The highest BCUT2D eigenvalue weighted by Gasteiger charge is 2.41. The van der Waals surface area contributed by atoms with Crippen molar-refractivity contribution in [2.75, 3.05) is 0 Å². The van der Waals surface area contributed by atoms with Gasteiger partial charge >= 0.3 is 8.56 Å². The van der Waals surface area contributed by atoms with Crippen LogP contribution in [0.25, 0.3) is 0 Å². The van der Waals surface area contributed by atoms with Crippen LogP contribution in [0.15, 0.2) is 0 Å². The predicted octanol–water partition coefficient (Wildman–Crippen LogP) is 3.07. The lowest BCUT2D eigenvalue weighted by Gasteiger charge is -2.39. The first-order valence-corrected chi connectivity index (χ1v) is 15.2. The van der Waals surface area contributed by atoms with Gasteiger partial charge in [-0.2, -0.15) is 0 Å². The molecule has 0 aromatic rings.